The number of nitrogens with one attached hydrogen (secondary N) is 2. The van der Waals surface area contributed by atoms with E-state index < -0.39 is 32.5 Å². The van der Waals surface area contributed by atoms with Gasteiger partial charge in [-0.05, 0) is 55.5 Å². The van der Waals surface area contributed by atoms with E-state index in [0.29, 0.717) is 10.7 Å². The van der Waals surface area contributed by atoms with Gasteiger partial charge in [0.2, 0.25) is 21.9 Å². The van der Waals surface area contributed by atoms with Crippen LogP contribution < -0.4 is 14.3 Å². The van der Waals surface area contributed by atoms with Gasteiger partial charge in [-0.25, -0.2) is 31.5 Å². The van der Waals surface area contributed by atoms with Gasteiger partial charge in [0, 0.05) is 22.6 Å². The number of nitrogens with zero attached hydrogens (tertiary/aromatic N) is 3. The SMILES string of the molecule is Cc1ccnc(NS(=O)(=O)c2ccc(NC(=O)CN(c3ccc(Cl)cc3Cl)S(C)(=O)=O)cc2)n1. The number of carbonyl (C=O) groups is 1. The minimum absolute atomic E-state index is 0.0605. The molecule has 34 heavy (non-hydrogen) atoms. The van der Waals surface area contributed by atoms with Gasteiger partial charge in [0.05, 0.1) is 21.9 Å². The number of hydrogen-bond donors (Lipinski definition) is 2. The molecule has 0 aliphatic rings. The van der Waals surface area contributed by atoms with Crippen LogP contribution in [0.25, 0.3) is 0 Å². The molecule has 0 radical (unpaired) electrons. The molecular formula is C20H19Cl2N5O5S2. The van der Waals surface area contributed by atoms with Crippen LogP contribution in [0.2, 0.25) is 10.0 Å². The summed E-state index contributed by atoms with van der Waals surface area (Å²) < 4.78 is 52.7. The van der Waals surface area contributed by atoms with Crippen molar-refractivity contribution in [3.63, 3.8) is 0 Å². The fraction of sp³-hybridized carbons (Fsp3) is 0.150. The molecule has 180 valence electrons. The minimum Gasteiger partial charge on any atom is -0.325 e. The third-order valence-electron chi connectivity index (χ3n) is 4.33. The van der Waals surface area contributed by atoms with E-state index in [-0.39, 0.29) is 27.2 Å². The summed E-state index contributed by atoms with van der Waals surface area (Å²) in [6.07, 6.45) is 2.37. The Morgan fingerprint density at radius 3 is 2.29 bits per heavy atom. The standard InChI is InChI=1S/C20H19Cl2N5O5S2/c1-13-9-10-23-20(24-13)26-34(31,32)16-6-4-15(5-7-16)25-19(28)12-27(33(2,29)30)18-8-3-14(21)11-17(18)22/h3-11H,12H2,1-2H3,(H,25,28)(H,23,24,26). The predicted octanol–water partition coefficient (Wildman–Crippen LogP) is 3.30. The molecule has 1 aromatic heterocycles. The number of aryl methyl sites for hydroxylation is 1. The summed E-state index contributed by atoms with van der Waals surface area (Å²) in [5.74, 6) is -0.738. The Morgan fingerprint density at radius 2 is 1.71 bits per heavy atom. The van der Waals surface area contributed by atoms with Gasteiger partial charge < -0.3 is 5.32 Å². The molecular weight excluding hydrogens is 525 g/mol. The zero-order valence-electron chi connectivity index (χ0n) is 17.9. The van der Waals surface area contributed by atoms with Crippen molar-refractivity contribution in [3.05, 3.63) is 70.5 Å². The summed E-state index contributed by atoms with van der Waals surface area (Å²) >= 11 is 12.0. The molecule has 0 aliphatic heterocycles. The van der Waals surface area contributed by atoms with Crippen molar-refractivity contribution >= 4 is 66.5 Å². The van der Waals surface area contributed by atoms with Crippen molar-refractivity contribution in [2.45, 2.75) is 11.8 Å². The van der Waals surface area contributed by atoms with E-state index in [1.807, 2.05) is 0 Å². The van der Waals surface area contributed by atoms with Crippen LogP contribution in [0.1, 0.15) is 5.69 Å². The predicted molar refractivity (Wildman–Crippen MR) is 131 cm³/mol. The molecule has 0 spiro atoms. The van der Waals surface area contributed by atoms with E-state index in [1.54, 1.807) is 13.0 Å². The van der Waals surface area contributed by atoms with Gasteiger partial charge >= 0.3 is 0 Å². The lowest BCUT2D eigenvalue weighted by molar-refractivity contribution is -0.114. The Kier molecular flexibility index (Phi) is 7.66. The highest BCUT2D eigenvalue weighted by molar-refractivity contribution is 7.92. The zero-order valence-corrected chi connectivity index (χ0v) is 21.0. The van der Waals surface area contributed by atoms with Crippen molar-refractivity contribution in [1.29, 1.82) is 0 Å². The highest BCUT2D eigenvalue weighted by Gasteiger charge is 2.23. The maximum absolute atomic E-state index is 12.5. The van der Waals surface area contributed by atoms with Crippen LogP contribution in [0.4, 0.5) is 17.3 Å². The molecule has 3 rings (SSSR count). The number of hydrogen-bond acceptors (Lipinski definition) is 7. The van der Waals surface area contributed by atoms with E-state index >= 15 is 0 Å². The van der Waals surface area contributed by atoms with Crippen LogP contribution in [0.5, 0.6) is 0 Å². The first-order chi connectivity index (χ1) is 15.8. The summed E-state index contributed by atoms with van der Waals surface area (Å²) in [6.45, 7) is 1.13. The lowest BCUT2D eigenvalue weighted by atomic mass is 10.3. The summed E-state index contributed by atoms with van der Waals surface area (Å²) in [5, 5.41) is 2.90. The number of aromatic nitrogens is 2. The summed E-state index contributed by atoms with van der Waals surface area (Å²) in [6, 6.07) is 11.1. The molecule has 0 saturated heterocycles. The quantitative estimate of drug-likeness (QED) is 0.444. The van der Waals surface area contributed by atoms with Crippen molar-refractivity contribution in [2.75, 3.05) is 27.1 Å². The molecule has 0 bridgehead atoms. The van der Waals surface area contributed by atoms with E-state index in [9.17, 15) is 21.6 Å². The molecule has 0 fully saturated rings. The third-order valence-corrected chi connectivity index (χ3v) is 7.34. The number of amides is 1. The molecule has 1 heterocycles. The minimum atomic E-state index is -3.96. The van der Waals surface area contributed by atoms with Gasteiger partial charge in [0.1, 0.15) is 6.54 Å². The van der Waals surface area contributed by atoms with Crippen LogP contribution in [-0.4, -0.2) is 45.5 Å². The largest absolute Gasteiger partial charge is 0.325 e. The van der Waals surface area contributed by atoms with E-state index in [2.05, 4.69) is 20.0 Å². The summed E-state index contributed by atoms with van der Waals surface area (Å²) in [5.41, 5.74) is 0.940. The Balaban J connectivity index is 1.73. The average Bonchev–Trinajstić information content (AvgIpc) is 2.72. The van der Waals surface area contributed by atoms with E-state index in [0.717, 1.165) is 10.6 Å². The Labute approximate surface area is 207 Å². The van der Waals surface area contributed by atoms with Crippen molar-refractivity contribution in [1.82, 2.24) is 9.97 Å². The first-order valence-electron chi connectivity index (χ1n) is 9.50. The number of anilines is 3. The van der Waals surface area contributed by atoms with Crippen LogP contribution >= 0.6 is 23.2 Å². The maximum atomic E-state index is 12.5. The Morgan fingerprint density at radius 1 is 1.03 bits per heavy atom. The number of rotatable bonds is 8. The first-order valence-corrected chi connectivity index (χ1v) is 13.6. The molecule has 14 heteroatoms. The number of carbonyl (C=O) groups excluding carboxylic acids is 1. The van der Waals surface area contributed by atoms with Crippen LogP contribution in [0.15, 0.2) is 59.6 Å². The average molecular weight is 544 g/mol. The van der Waals surface area contributed by atoms with Crippen molar-refractivity contribution < 1.29 is 21.6 Å². The topological polar surface area (TPSA) is 138 Å². The smallest absolute Gasteiger partial charge is 0.264 e. The molecule has 1 amide bonds. The molecule has 0 unspecified atom stereocenters. The van der Waals surface area contributed by atoms with Gasteiger partial charge in [-0.15, -0.1) is 0 Å². The van der Waals surface area contributed by atoms with Crippen molar-refractivity contribution in [2.24, 2.45) is 0 Å². The highest BCUT2D eigenvalue weighted by atomic mass is 35.5. The zero-order chi connectivity index (χ0) is 25.1. The number of sulfonamides is 2. The normalized spacial score (nSPS) is 11.6. The van der Waals surface area contributed by atoms with Gasteiger partial charge in [-0.1, -0.05) is 23.2 Å². The molecule has 10 nitrogen and oxygen atoms in total. The second-order valence-electron chi connectivity index (χ2n) is 7.07. The molecule has 0 aliphatic carbocycles. The third kappa shape index (κ3) is 6.56. The maximum Gasteiger partial charge on any atom is 0.264 e. The first kappa shape index (κ1) is 25.7. The fourth-order valence-corrected chi connectivity index (χ4v) is 5.17. The van der Waals surface area contributed by atoms with Gasteiger partial charge in [0.15, 0.2) is 0 Å². The Hall–Kier alpha value is -2.93. The van der Waals surface area contributed by atoms with Gasteiger partial charge in [-0.3, -0.25) is 9.10 Å². The summed E-state index contributed by atoms with van der Waals surface area (Å²) in [7, 11) is -7.81. The van der Waals surface area contributed by atoms with Crippen LogP contribution in [0.3, 0.4) is 0 Å². The lowest BCUT2D eigenvalue weighted by Gasteiger charge is -2.23. The van der Waals surface area contributed by atoms with E-state index in [4.69, 9.17) is 23.2 Å². The van der Waals surface area contributed by atoms with Crippen LogP contribution in [0, 0.1) is 6.92 Å². The number of benzene rings is 2. The van der Waals surface area contributed by atoms with Gasteiger partial charge in [0.25, 0.3) is 10.0 Å². The molecule has 0 saturated carbocycles. The lowest BCUT2D eigenvalue weighted by Crippen LogP contribution is -2.37. The highest BCUT2D eigenvalue weighted by Crippen LogP contribution is 2.30. The molecule has 2 N–H and O–H groups in total. The van der Waals surface area contributed by atoms with Crippen molar-refractivity contribution in [3.8, 4) is 0 Å². The second kappa shape index (κ2) is 10.1. The summed E-state index contributed by atoms with van der Waals surface area (Å²) in [4.78, 5) is 20.3. The van der Waals surface area contributed by atoms with Gasteiger partial charge in [-0.2, -0.15) is 0 Å². The fourth-order valence-electron chi connectivity index (χ4n) is 2.79. The molecule has 0 atom stereocenters. The number of halogens is 2. The molecule has 3 aromatic rings. The van der Waals surface area contributed by atoms with E-state index in [1.165, 1.54) is 48.7 Å². The second-order valence-corrected chi connectivity index (χ2v) is 11.5. The molecule has 2 aromatic carbocycles. The Bertz CT molecular complexity index is 1430. The monoisotopic (exact) mass is 543 g/mol. The van der Waals surface area contributed by atoms with Crippen LogP contribution in [-0.2, 0) is 24.8 Å².